The second-order valence-electron chi connectivity index (χ2n) is 9.54. The molecule has 3 aromatic rings. The van der Waals surface area contributed by atoms with Gasteiger partial charge in [-0.2, -0.15) is 5.10 Å². The first kappa shape index (κ1) is 26.5. The molecule has 2 aliphatic rings. The van der Waals surface area contributed by atoms with E-state index in [0.717, 1.165) is 10.7 Å². The number of nitrogens with zero attached hydrogens (tertiary/aromatic N) is 3. The summed E-state index contributed by atoms with van der Waals surface area (Å²) in [6.07, 6.45) is 0. The van der Waals surface area contributed by atoms with Crippen LogP contribution < -0.4 is 21.5 Å². The molecule has 1 atom stereocenters. The van der Waals surface area contributed by atoms with E-state index in [1.165, 1.54) is 19.2 Å². The topological polar surface area (TPSA) is 138 Å². The molecular formula is C26H27F3N6O4. The third kappa shape index (κ3) is 5.02. The number of amides is 2. The first-order chi connectivity index (χ1) is 18.6. The molecule has 2 fully saturated rings. The molecule has 0 aliphatic carbocycles. The maximum absolute atomic E-state index is 15.0. The fourth-order valence-corrected chi connectivity index (χ4v) is 4.81. The van der Waals surface area contributed by atoms with Crippen LogP contribution in [0.4, 0.5) is 19.0 Å². The third-order valence-electron chi connectivity index (χ3n) is 7.02. The van der Waals surface area contributed by atoms with Crippen molar-refractivity contribution in [2.45, 2.75) is 24.6 Å². The number of halogens is 3. The van der Waals surface area contributed by atoms with Gasteiger partial charge in [-0.3, -0.25) is 14.5 Å². The van der Waals surface area contributed by atoms with Gasteiger partial charge in [-0.15, -0.1) is 0 Å². The van der Waals surface area contributed by atoms with Crippen molar-refractivity contribution in [1.82, 2.24) is 20.0 Å². The van der Waals surface area contributed by atoms with E-state index in [0.29, 0.717) is 24.3 Å². The number of alkyl halides is 2. The minimum Gasteiger partial charge on any atom is -0.496 e. The zero-order chi connectivity index (χ0) is 27.9. The van der Waals surface area contributed by atoms with Gasteiger partial charge in [0.25, 0.3) is 17.7 Å². The summed E-state index contributed by atoms with van der Waals surface area (Å²) in [6.45, 7) is 0.413. The Morgan fingerprint density at radius 2 is 1.92 bits per heavy atom. The van der Waals surface area contributed by atoms with E-state index < -0.39 is 36.1 Å². The predicted octanol–water partition coefficient (Wildman–Crippen LogP) is 2.20. The largest absolute Gasteiger partial charge is 0.496 e. The van der Waals surface area contributed by atoms with Gasteiger partial charge in [0.1, 0.15) is 34.7 Å². The van der Waals surface area contributed by atoms with Gasteiger partial charge >= 0.3 is 0 Å². The molecule has 2 saturated heterocycles. The molecule has 206 valence electrons. The van der Waals surface area contributed by atoms with Crippen molar-refractivity contribution in [3.63, 3.8) is 0 Å². The normalized spacial score (nSPS) is 19.0. The van der Waals surface area contributed by atoms with Crippen molar-refractivity contribution < 1.29 is 32.2 Å². The van der Waals surface area contributed by atoms with Gasteiger partial charge in [0.2, 0.25) is 0 Å². The number of primary amides is 1. The number of nitrogens with one attached hydrogen (secondary N) is 1. The van der Waals surface area contributed by atoms with Crippen molar-refractivity contribution >= 4 is 17.6 Å². The highest BCUT2D eigenvalue weighted by Gasteiger charge is 2.53. The standard InChI is InChI=1S/C26H27F3N6O4/c1-38-19-7-6-16(27)8-18(19)25(37)32-9-14-2-4-15(5-3-14)22-21(24(31)36)23(30)35(33-22)20-10-34(13-26(20,28)29)17-11-39-12-17/h2-8,17,20H,9-13,30H2,1H3,(H2,31,36)(H,32,37)/t20-/m0/s1. The number of methoxy groups -OCH3 is 1. The van der Waals surface area contributed by atoms with Crippen molar-refractivity contribution in [1.29, 1.82) is 0 Å². The molecule has 2 amide bonds. The molecule has 5 N–H and O–H groups in total. The number of likely N-dealkylation sites (tertiary alicyclic amines) is 1. The molecule has 0 radical (unpaired) electrons. The molecule has 0 saturated carbocycles. The zero-order valence-corrected chi connectivity index (χ0v) is 21.0. The maximum atomic E-state index is 15.0. The van der Waals surface area contributed by atoms with Crippen molar-refractivity contribution in [3.05, 3.63) is 65.0 Å². The predicted molar refractivity (Wildman–Crippen MR) is 135 cm³/mol. The average Bonchev–Trinajstić information content (AvgIpc) is 3.36. The molecule has 0 unspecified atom stereocenters. The maximum Gasteiger partial charge on any atom is 0.283 e. The number of nitrogens with two attached hydrogens (primary N) is 2. The highest BCUT2D eigenvalue weighted by molar-refractivity contribution is 6.03. The molecular weight excluding hydrogens is 517 g/mol. The number of carbonyl (C=O) groups excluding carboxylic acids is 2. The van der Waals surface area contributed by atoms with E-state index in [9.17, 15) is 14.0 Å². The third-order valence-corrected chi connectivity index (χ3v) is 7.02. The molecule has 10 nitrogen and oxygen atoms in total. The average molecular weight is 545 g/mol. The van der Waals surface area contributed by atoms with Crippen LogP contribution in [0.5, 0.6) is 5.75 Å². The van der Waals surface area contributed by atoms with Gasteiger partial charge in [0, 0.05) is 18.7 Å². The van der Waals surface area contributed by atoms with Crippen molar-refractivity contribution in [2.75, 3.05) is 39.1 Å². The van der Waals surface area contributed by atoms with Crippen LogP contribution in [0.3, 0.4) is 0 Å². The van der Waals surface area contributed by atoms with Crippen LogP contribution in [0, 0.1) is 5.82 Å². The second-order valence-corrected chi connectivity index (χ2v) is 9.54. The summed E-state index contributed by atoms with van der Waals surface area (Å²) in [6, 6.07) is 8.73. The summed E-state index contributed by atoms with van der Waals surface area (Å²) >= 11 is 0. The van der Waals surface area contributed by atoms with E-state index in [2.05, 4.69) is 10.4 Å². The summed E-state index contributed by atoms with van der Waals surface area (Å²) in [5.41, 5.74) is 12.8. The Balaban J connectivity index is 1.36. The molecule has 2 aromatic carbocycles. The number of ether oxygens (including phenoxy) is 2. The molecule has 2 aliphatic heterocycles. The van der Waals surface area contributed by atoms with Gasteiger partial charge in [-0.1, -0.05) is 24.3 Å². The lowest BCUT2D eigenvalue weighted by molar-refractivity contribution is -0.0728. The van der Waals surface area contributed by atoms with Crippen LogP contribution in [-0.4, -0.2) is 71.9 Å². The molecule has 1 aromatic heterocycles. The van der Waals surface area contributed by atoms with Gasteiger partial charge in [-0.05, 0) is 23.8 Å². The molecule has 39 heavy (non-hydrogen) atoms. The van der Waals surface area contributed by atoms with Crippen LogP contribution in [0.15, 0.2) is 42.5 Å². The summed E-state index contributed by atoms with van der Waals surface area (Å²) in [4.78, 5) is 26.5. The number of aromatic nitrogens is 2. The Labute approximate surface area is 221 Å². The van der Waals surface area contributed by atoms with Crippen LogP contribution in [0.2, 0.25) is 0 Å². The minimum absolute atomic E-state index is 0.000710. The fraction of sp³-hybridized carbons (Fsp3) is 0.346. The lowest BCUT2D eigenvalue weighted by Crippen LogP contribution is -2.48. The molecule has 13 heteroatoms. The minimum atomic E-state index is -3.13. The zero-order valence-electron chi connectivity index (χ0n) is 21.0. The lowest BCUT2D eigenvalue weighted by Gasteiger charge is -2.34. The Bertz CT molecular complexity index is 1410. The molecule has 0 spiro atoms. The van der Waals surface area contributed by atoms with E-state index >= 15 is 8.78 Å². The van der Waals surface area contributed by atoms with Crippen molar-refractivity contribution in [3.8, 4) is 17.0 Å². The highest BCUT2D eigenvalue weighted by Crippen LogP contribution is 2.41. The number of rotatable bonds is 8. The van der Waals surface area contributed by atoms with Gasteiger partial charge in [0.05, 0.1) is 38.5 Å². The van der Waals surface area contributed by atoms with Gasteiger partial charge < -0.3 is 26.3 Å². The first-order valence-corrected chi connectivity index (χ1v) is 12.2. The number of carbonyl (C=O) groups is 2. The quantitative estimate of drug-likeness (QED) is 0.395. The first-order valence-electron chi connectivity index (χ1n) is 12.2. The smallest absolute Gasteiger partial charge is 0.283 e. The Kier molecular flexibility index (Phi) is 6.95. The van der Waals surface area contributed by atoms with Gasteiger partial charge in [0.15, 0.2) is 0 Å². The lowest BCUT2D eigenvalue weighted by atomic mass is 10.0. The number of benzene rings is 2. The molecule has 0 bridgehead atoms. The Morgan fingerprint density at radius 3 is 2.54 bits per heavy atom. The van der Waals surface area contributed by atoms with E-state index in [4.69, 9.17) is 20.9 Å². The monoisotopic (exact) mass is 544 g/mol. The van der Waals surface area contributed by atoms with Crippen LogP contribution in [0.25, 0.3) is 11.3 Å². The van der Waals surface area contributed by atoms with Crippen molar-refractivity contribution in [2.24, 2.45) is 5.73 Å². The SMILES string of the molecule is COc1ccc(F)cc1C(=O)NCc1ccc(-c2nn([C@H]3CN(C4COC4)CC3(F)F)c(N)c2C(N)=O)cc1. The van der Waals surface area contributed by atoms with Crippen LogP contribution >= 0.6 is 0 Å². The summed E-state index contributed by atoms with van der Waals surface area (Å²) in [7, 11) is 1.38. The molecule has 5 rings (SSSR count). The number of hydrogen-bond acceptors (Lipinski definition) is 7. The van der Waals surface area contributed by atoms with Crippen LogP contribution in [-0.2, 0) is 11.3 Å². The van der Waals surface area contributed by atoms with E-state index in [-0.39, 0.29) is 47.5 Å². The molecule has 3 heterocycles. The van der Waals surface area contributed by atoms with Gasteiger partial charge in [-0.25, -0.2) is 17.9 Å². The summed E-state index contributed by atoms with van der Waals surface area (Å²) in [5, 5.41) is 7.01. The number of nitrogen functional groups attached to an aromatic ring is 1. The fourth-order valence-electron chi connectivity index (χ4n) is 4.81. The Morgan fingerprint density at radius 1 is 1.21 bits per heavy atom. The van der Waals surface area contributed by atoms with Crippen LogP contribution in [0.1, 0.15) is 32.3 Å². The summed E-state index contributed by atoms with van der Waals surface area (Å²) in [5.74, 6) is -5.12. The van der Waals surface area contributed by atoms with E-state index in [1.807, 2.05) is 0 Å². The highest BCUT2D eigenvalue weighted by atomic mass is 19.3. The number of anilines is 1. The summed E-state index contributed by atoms with van der Waals surface area (Å²) < 4.78 is 54.9. The number of hydrogen-bond donors (Lipinski definition) is 3. The second kappa shape index (κ2) is 10.2. The van der Waals surface area contributed by atoms with E-state index in [1.54, 1.807) is 29.2 Å². The Hall–Kier alpha value is -4.10.